The van der Waals surface area contributed by atoms with Gasteiger partial charge >= 0.3 is 0 Å². The van der Waals surface area contributed by atoms with Crippen LogP contribution in [0.3, 0.4) is 0 Å². The van der Waals surface area contributed by atoms with Gasteiger partial charge in [0.2, 0.25) is 15.9 Å². The Kier molecular flexibility index (Phi) is 7.35. The van der Waals surface area contributed by atoms with Gasteiger partial charge in [0.05, 0.1) is 36.6 Å². The highest BCUT2D eigenvalue weighted by atomic mass is 32.2. The fraction of sp³-hybridized carbons (Fsp3) is 0.652. The number of nitrogens with zero attached hydrogens (tertiary/aromatic N) is 2. The van der Waals surface area contributed by atoms with Gasteiger partial charge in [-0.25, -0.2) is 17.5 Å². The summed E-state index contributed by atoms with van der Waals surface area (Å²) in [7, 11) is -3.45. The van der Waals surface area contributed by atoms with Gasteiger partial charge < -0.3 is 14.5 Å². The Labute approximate surface area is 194 Å². The third-order valence-corrected chi connectivity index (χ3v) is 7.59. The van der Waals surface area contributed by atoms with Crippen LogP contribution in [0.15, 0.2) is 24.3 Å². The quantitative estimate of drug-likeness (QED) is 0.637. The zero-order valence-electron chi connectivity index (χ0n) is 18.9. The van der Waals surface area contributed by atoms with E-state index < -0.39 is 22.1 Å². The molecule has 2 atom stereocenters. The largest absolute Gasteiger partial charge is 0.376 e. The summed E-state index contributed by atoms with van der Waals surface area (Å²) in [5, 5.41) is 0. The molecule has 4 rings (SSSR count). The second kappa shape index (κ2) is 10.1. The number of hydrogen-bond donors (Lipinski definition) is 1. The number of sulfonamides is 1. The van der Waals surface area contributed by atoms with Crippen molar-refractivity contribution in [2.45, 2.75) is 56.7 Å². The molecule has 3 aliphatic rings. The number of ketones is 1. The fourth-order valence-electron chi connectivity index (χ4n) is 5.05. The van der Waals surface area contributed by atoms with Gasteiger partial charge in [-0.15, -0.1) is 0 Å². The summed E-state index contributed by atoms with van der Waals surface area (Å²) in [6, 6.07) is 5.88. The number of nitrogens with one attached hydrogen (secondary N) is 1. The topological polar surface area (TPSA) is 96.0 Å². The fourth-order valence-corrected chi connectivity index (χ4v) is 5.88. The summed E-state index contributed by atoms with van der Waals surface area (Å²) in [5.74, 6) is -0.540. The third kappa shape index (κ3) is 5.91. The number of carbonyl (C=O) groups is 2. The molecule has 1 aromatic carbocycles. The van der Waals surface area contributed by atoms with Crippen LogP contribution in [0.5, 0.6) is 0 Å². The van der Waals surface area contributed by atoms with Crippen LogP contribution in [0, 0.1) is 11.7 Å². The van der Waals surface area contributed by atoms with Gasteiger partial charge in [-0.3, -0.25) is 9.59 Å². The number of anilines is 1. The van der Waals surface area contributed by atoms with E-state index >= 15 is 0 Å². The van der Waals surface area contributed by atoms with Gasteiger partial charge in [0, 0.05) is 38.5 Å². The van der Waals surface area contributed by atoms with E-state index in [9.17, 15) is 22.4 Å². The molecular weight excluding hydrogens is 449 g/mol. The summed E-state index contributed by atoms with van der Waals surface area (Å²) in [6.07, 6.45) is 4.36. The van der Waals surface area contributed by atoms with Crippen molar-refractivity contribution in [3.05, 3.63) is 30.1 Å². The van der Waals surface area contributed by atoms with E-state index in [1.165, 1.54) is 6.07 Å². The second-order valence-electron chi connectivity index (χ2n) is 9.35. The average Bonchev–Trinajstić information content (AvgIpc) is 2.75. The molecule has 1 N–H and O–H groups in total. The normalized spacial score (nSPS) is 25.2. The lowest BCUT2D eigenvalue weighted by molar-refractivity contribution is -0.150. The summed E-state index contributed by atoms with van der Waals surface area (Å²) in [5.41, 5.74) is 0.590. The van der Waals surface area contributed by atoms with Gasteiger partial charge in [0.15, 0.2) is 0 Å². The number of amides is 1. The Morgan fingerprint density at radius 1 is 1.15 bits per heavy atom. The molecule has 2 aliphatic heterocycles. The predicted octanol–water partition coefficient (Wildman–Crippen LogP) is 1.70. The summed E-state index contributed by atoms with van der Waals surface area (Å²) >= 11 is 0. The van der Waals surface area contributed by atoms with Crippen LogP contribution in [0.25, 0.3) is 0 Å². The first-order valence-electron chi connectivity index (χ1n) is 11.6. The molecule has 0 aromatic heterocycles. The molecule has 1 amide bonds. The Hall–Kier alpha value is -2.04. The molecule has 0 radical (unpaired) electrons. The summed E-state index contributed by atoms with van der Waals surface area (Å²) in [4.78, 5) is 28.2. The molecule has 8 nitrogen and oxygen atoms in total. The number of carbonyl (C=O) groups excluding carboxylic acids is 2. The Balaban J connectivity index is 1.38. The molecule has 0 spiro atoms. The van der Waals surface area contributed by atoms with E-state index in [-0.39, 0.29) is 49.0 Å². The number of ether oxygens (including phenoxy) is 1. The predicted molar refractivity (Wildman–Crippen MR) is 122 cm³/mol. The molecule has 0 bridgehead atoms. The number of Topliss-reactive ketones (excluding diaryl/α,β-unsaturated/α-hetero) is 1. The molecule has 1 aliphatic carbocycles. The third-order valence-electron chi connectivity index (χ3n) is 6.86. The van der Waals surface area contributed by atoms with Crippen LogP contribution in [-0.4, -0.2) is 75.7 Å². The monoisotopic (exact) mass is 481 g/mol. The highest BCUT2D eigenvalue weighted by Gasteiger charge is 2.42. The molecule has 2 saturated heterocycles. The van der Waals surface area contributed by atoms with Crippen molar-refractivity contribution < 1.29 is 27.1 Å². The van der Waals surface area contributed by atoms with Crippen LogP contribution in [-0.2, 0) is 24.3 Å². The standard InChI is InChI=1S/C23H32FN3O5S/c1-33(30,31)25-20-6-4-10-27(23(29)16-13-17(28)14-16)22(20)15-32-18-8-11-26(12-9-18)21-7-3-2-5-19(21)24/h2-3,5,7,16,18,20,22,25H,4,6,8-15H2,1H3. The number of piperidine rings is 2. The maximum atomic E-state index is 14.1. The highest BCUT2D eigenvalue weighted by Crippen LogP contribution is 2.30. The molecule has 2 heterocycles. The van der Waals surface area contributed by atoms with Crippen molar-refractivity contribution in [3.8, 4) is 0 Å². The SMILES string of the molecule is CS(=O)(=O)NC1CCCN(C(=O)C2CC(=O)C2)C1COC1CCN(c2ccccc2F)CC1. The van der Waals surface area contributed by atoms with Crippen molar-refractivity contribution in [1.82, 2.24) is 9.62 Å². The van der Waals surface area contributed by atoms with Crippen molar-refractivity contribution in [3.63, 3.8) is 0 Å². The summed E-state index contributed by atoms with van der Waals surface area (Å²) < 4.78 is 46.8. The smallest absolute Gasteiger partial charge is 0.226 e. The van der Waals surface area contributed by atoms with Crippen molar-refractivity contribution in [2.24, 2.45) is 5.92 Å². The minimum absolute atomic E-state index is 0.0453. The zero-order chi connectivity index (χ0) is 23.6. The zero-order valence-corrected chi connectivity index (χ0v) is 19.7. The first-order chi connectivity index (χ1) is 15.7. The maximum absolute atomic E-state index is 14.1. The van der Waals surface area contributed by atoms with Crippen LogP contribution >= 0.6 is 0 Å². The van der Waals surface area contributed by atoms with Crippen molar-refractivity contribution in [1.29, 1.82) is 0 Å². The van der Waals surface area contributed by atoms with E-state index in [0.717, 1.165) is 19.1 Å². The van der Waals surface area contributed by atoms with Gasteiger partial charge in [-0.2, -0.15) is 0 Å². The Morgan fingerprint density at radius 3 is 2.48 bits per heavy atom. The van der Waals surface area contributed by atoms with Crippen LogP contribution in [0.1, 0.15) is 38.5 Å². The molecule has 2 unspecified atom stereocenters. The van der Waals surface area contributed by atoms with Gasteiger partial charge in [0.25, 0.3) is 0 Å². The summed E-state index contributed by atoms with van der Waals surface area (Å²) in [6.45, 7) is 2.08. The van der Waals surface area contributed by atoms with E-state index in [4.69, 9.17) is 4.74 Å². The van der Waals surface area contributed by atoms with Gasteiger partial charge in [-0.1, -0.05) is 12.1 Å². The Morgan fingerprint density at radius 2 is 1.85 bits per heavy atom. The minimum atomic E-state index is -3.45. The van der Waals surface area contributed by atoms with Gasteiger partial charge in [-0.05, 0) is 37.8 Å². The van der Waals surface area contributed by atoms with Crippen LogP contribution < -0.4 is 9.62 Å². The van der Waals surface area contributed by atoms with E-state index in [1.54, 1.807) is 17.0 Å². The number of halogens is 1. The lowest BCUT2D eigenvalue weighted by atomic mass is 9.82. The lowest BCUT2D eigenvalue weighted by Crippen LogP contribution is -2.60. The van der Waals surface area contributed by atoms with E-state index in [2.05, 4.69) is 4.72 Å². The average molecular weight is 482 g/mol. The van der Waals surface area contributed by atoms with Gasteiger partial charge in [0.1, 0.15) is 11.6 Å². The molecular formula is C23H32FN3O5S. The molecule has 182 valence electrons. The van der Waals surface area contributed by atoms with E-state index in [0.29, 0.717) is 38.2 Å². The Bertz CT molecular complexity index is 972. The van der Waals surface area contributed by atoms with Crippen LogP contribution in [0.2, 0.25) is 0 Å². The van der Waals surface area contributed by atoms with Crippen molar-refractivity contribution >= 4 is 27.4 Å². The molecule has 33 heavy (non-hydrogen) atoms. The lowest BCUT2D eigenvalue weighted by Gasteiger charge is -2.44. The number of benzene rings is 1. The molecule has 3 fully saturated rings. The first-order valence-corrected chi connectivity index (χ1v) is 13.5. The minimum Gasteiger partial charge on any atom is -0.376 e. The number of rotatable bonds is 7. The number of para-hydroxylation sites is 1. The highest BCUT2D eigenvalue weighted by molar-refractivity contribution is 7.88. The first kappa shape index (κ1) is 24.1. The molecule has 1 aromatic rings. The van der Waals surface area contributed by atoms with E-state index in [1.807, 2.05) is 11.0 Å². The van der Waals surface area contributed by atoms with Crippen molar-refractivity contribution in [2.75, 3.05) is 37.4 Å². The molecule has 1 saturated carbocycles. The number of likely N-dealkylation sites (tertiary alicyclic amines) is 1. The maximum Gasteiger partial charge on any atom is 0.226 e. The number of hydrogen-bond acceptors (Lipinski definition) is 6. The van der Waals surface area contributed by atoms with Crippen LogP contribution in [0.4, 0.5) is 10.1 Å². The molecule has 10 heteroatoms. The second-order valence-corrected chi connectivity index (χ2v) is 11.1.